The molecule has 0 aliphatic heterocycles. The lowest BCUT2D eigenvalue weighted by atomic mass is 10.3. The van der Waals surface area contributed by atoms with Crippen LogP contribution in [0.5, 0.6) is 0 Å². The molecule has 0 N–H and O–H groups in total. The van der Waals surface area contributed by atoms with Gasteiger partial charge in [-0.05, 0) is 24.3 Å². The smallest absolute Gasteiger partial charge is 0.418 e. The third kappa shape index (κ3) is 7.76. The molecular weight excluding hydrogens is 490 g/mol. The lowest BCUT2D eigenvalue weighted by Gasteiger charge is -2.19. The summed E-state index contributed by atoms with van der Waals surface area (Å²) in [7, 11) is -6.00. The molecular formula is C9H4BClF11I. The van der Waals surface area contributed by atoms with Crippen molar-refractivity contribution >= 4 is 18.9 Å². The van der Waals surface area contributed by atoms with Gasteiger partial charge in [-0.3, -0.25) is 0 Å². The van der Waals surface area contributed by atoms with E-state index in [1.54, 1.807) is 0 Å². The van der Waals surface area contributed by atoms with E-state index in [9.17, 15) is 48.0 Å². The molecule has 0 fully saturated rings. The number of hydrogen-bond acceptors (Lipinski definition) is 0. The summed E-state index contributed by atoms with van der Waals surface area (Å²) in [5.74, 6) is -6.03. The maximum absolute atomic E-state index is 13.0. The van der Waals surface area contributed by atoms with Crippen molar-refractivity contribution in [2.75, 3.05) is 0 Å². The standard InChI is InChI=1S/C9H4ClF7I.BF4/c10-5-1-3-6(4-2-5)18-9(16,17)7(11,12)8(13,14)15;2-1(3,4)5/h1-4H;/q+1;-1. The van der Waals surface area contributed by atoms with E-state index in [-0.39, 0.29) is 8.59 Å². The van der Waals surface area contributed by atoms with Crippen LogP contribution in [-0.2, 0) is 0 Å². The minimum atomic E-state index is -6.28. The van der Waals surface area contributed by atoms with Gasteiger partial charge in [0.2, 0.25) is 0 Å². The predicted octanol–water partition coefficient (Wildman–Crippen LogP) is 2.69. The van der Waals surface area contributed by atoms with Crippen molar-refractivity contribution in [3.8, 4) is 0 Å². The summed E-state index contributed by atoms with van der Waals surface area (Å²) >= 11 is 2.59. The van der Waals surface area contributed by atoms with Crippen LogP contribution in [0, 0.1) is 3.57 Å². The predicted molar refractivity (Wildman–Crippen MR) is 56.3 cm³/mol. The zero-order valence-corrected chi connectivity index (χ0v) is 13.2. The van der Waals surface area contributed by atoms with Crippen molar-refractivity contribution in [1.82, 2.24) is 0 Å². The molecule has 1 aromatic carbocycles. The van der Waals surface area contributed by atoms with Crippen molar-refractivity contribution in [1.29, 1.82) is 0 Å². The van der Waals surface area contributed by atoms with Gasteiger partial charge in [0.15, 0.2) is 3.57 Å². The topological polar surface area (TPSA) is 0 Å². The van der Waals surface area contributed by atoms with Crippen molar-refractivity contribution in [2.24, 2.45) is 0 Å². The van der Waals surface area contributed by atoms with E-state index in [0.717, 1.165) is 24.3 Å². The summed E-state index contributed by atoms with van der Waals surface area (Å²) < 4.78 is 120. The monoisotopic (exact) mass is 494 g/mol. The largest absolute Gasteiger partial charge is 0.673 e. The van der Waals surface area contributed by atoms with E-state index in [1.165, 1.54) is 0 Å². The number of benzene rings is 1. The molecule has 134 valence electrons. The molecule has 0 heterocycles. The van der Waals surface area contributed by atoms with Crippen LogP contribution in [0.15, 0.2) is 24.3 Å². The summed E-state index contributed by atoms with van der Waals surface area (Å²) in [5.41, 5.74) is 0. The second-order valence-electron chi connectivity index (χ2n) is 3.60. The molecule has 0 nitrogen and oxygen atoms in total. The van der Waals surface area contributed by atoms with Gasteiger partial charge in [-0.15, -0.1) is 8.78 Å². The molecule has 0 saturated carbocycles. The highest BCUT2D eigenvalue weighted by atomic mass is 127. The minimum Gasteiger partial charge on any atom is -0.418 e. The molecule has 0 aliphatic carbocycles. The summed E-state index contributed by atoms with van der Waals surface area (Å²) in [4.78, 5) is 0. The molecule has 0 unspecified atom stereocenters. The molecule has 23 heavy (non-hydrogen) atoms. The van der Waals surface area contributed by atoms with Gasteiger partial charge < -0.3 is 17.3 Å². The zero-order chi connectivity index (χ0) is 18.7. The third-order valence-corrected chi connectivity index (χ3v) is 4.69. The lowest BCUT2D eigenvalue weighted by Crippen LogP contribution is -3.68. The van der Waals surface area contributed by atoms with Gasteiger partial charge in [-0.2, -0.15) is 22.0 Å². The fourth-order valence-electron chi connectivity index (χ4n) is 0.850. The van der Waals surface area contributed by atoms with Crippen LogP contribution in [0.25, 0.3) is 0 Å². The normalized spacial score (nSPS) is 13.4. The quantitative estimate of drug-likeness (QED) is 0.263. The highest BCUT2D eigenvalue weighted by Gasteiger charge is 2.81. The highest BCUT2D eigenvalue weighted by Crippen LogP contribution is 2.42. The van der Waals surface area contributed by atoms with Gasteiger partial charge in [0.05, 0.1) is 0 Å². The molecule has 1 rings (SSSR count). The Kier molecular flexibility index (Phi) is 7.46. The molecule has 0 amide bonds. The van der Waals surface area contributed by atoms with E-state index in [4.69, 9.17) is 11.6 Å². The van der Waals surface area contributed by atoms with Crippen LogP contribution in [-0.4, -0.2) is 23.3 Å². The average molecular weight is 494 g/mol. The SMILES string of the molecule is FC(F)(F)C(F)(F)C(F)(F)[I+]c1ccc(Cl)cc1.F[B-](F)(F)F. The van der Waals surface area contributed by atoms with Crippen molar-refractivity contribution in [3.05, 3.63) is 32.9 Å². The van der Waals surface area contributed by atoms with Crippen LogP contribution >= 0.6 is 11.6 Å². The molecule has 0 aromatic heterocycles. The van der Waals surface area contributed by atoms with Gasteiger partial charge in [-0.25, -0.2) is 0 Å². The van der Waals surface area contributed by atoms with Gasteiger partial charge >= 0.3 is 44.5 Å². The maximum atomic E-state index is 13.0. The van der Waals surface area contributed by atoms with Crippen LogP contribution in [0.3, 0.4) is 0 Å². The fourth-order valence-corrected chi connectivity index (χ4v) is 3.12. The van der Waals surface area contributed by atoms with E-state index in [1.807, 2.05) is 0 Å². The van der Waals surface area contributed by atoms with E-state index < -0.39 is 44.5 Å². The van der Waals surface area contributed by atoms with E-state index >= 15 is 0 Å². The first kappa shape index (κ1) is 22.5. The maximum Gasteiger partial charge on any atom is 0.673 e. The Balaban J connectivity index is 0.000000841. The number of alkyl halides is 8. The number of halogens is 13. The third-order valence-electron chi connectivity index (χ3n) is 1.74. The number of rotatable bonds is 3. The molecule has 0 aliphatic rings. The molecule has 0 radical (unpaired) electrons. The fraction of sp³-hybridized carbons (Fsp3) is 0.333. The van der Waals surface area contributed by atoms with Crippen molar-refractivity contribution < 1.29 is 69.2 Å². The van der Waals surface area contributed by atoms with E-state index in [0.29, 0.717) is 0 Å². The van der Waals surface area contributed by atoms with Crippen LogP contribution in [0.1, 0.15) is 0 Å². The molecule has 0 saturated heterocycles. The Morgan fingerprint density at radius 2 is 1.13 bits per heavy atom. The molecule has 0 spiro atoms. The Morgan fingerprint density at radius 1 is 0.783 bits per heavy atom. The second kappa shape index (κ2) is 7.61. The summed E-state index contributed by atoms with van der Waals surface area (Å²) in [6.07, 6.45) is -6.28. The minimum absolute atomic E-state index is 0.175. The molecule has 14 heteroatoms. The number of hydrogen-bond donors (Lipinski definition) is 0. The van der Waals surface area contributed by atoms with Crippen molar-refractivity contribution in [3.63, 3.8) is 0 Å². The highest BCUT2D eigenvalue weighted by molar-refractivity contribution is 6.50. The molecule has 0 bridgehead atoms. The summed E-state index contributed by atoms with van der Waals surface area (Å²) in [5, 5.41) is 0.175. The first-order valence-electron chi connectivity index (χ1n) is 5.08. The Bertz CT molecular complexity index is 490. The Morgan fingerprint density at radius 3 is 1.43 bits per heavy atom. The summed E-state index contributed by atoms with van der Waals surface area (Å²) in [6.45, 7) is 0. The van der Waals surface area contributed by atoms with Gasteiger partial charge in [0, 0.05) is 5.02 Å². The van der Waals surface area contributed by atoms with Gasteiger partial charge in [0.1, 0.15) is 0 Å². The Hall–Kier alpha value is -0.465. The van der Waals surface area contributed by atoms with Crippen molar-refractivity contribution in [2.45, 2.75) is 16.0 Å². The first-order valence-corrected chi connectivity index (χ1v) is 7.62. The second-order valence-corrected chi connectivity index (χ2v) is 7.17. The van der Waals surface area contributed by atoms with Gasteiger partial charge in [-0.1, -0.05) is 11.6 Å². The first-order chi connectivity index (χ1) is 9.97. The van der Waals surface area contributed by atoms with Crippen LogP contribution in [0.4, 0.5) is 48.0 Å². The van der Waals surface area contributed by atoms with E-state index in [2.05, 4.69) is 0 Å². The molecule has 0 atom stereocenters. The van der Waals surface area contributed by atoms with Gasteiger partial charge in [0.25, 0.3) is 0 Å². The van der Waals surface area contributed by atoms with Crippen LogP contribution < -0.4 is 21.2 Å². The summed E-state index contributed by atoms with van der Waals surface area (Å²) in [6, 6.07) is 4.32. The zero-order valence-electron chi connectivity index (χ0n) is 10.3. The average Bonchev–Trinajstić information content (AvgIpc) is 2.28. The Labute approximate surface area is 137 Å². The lowest BCUT2D eigenvalue weighted by molar-refractivity contribution is -0.790. The molecule has 1 aromatic rings. The van der Waals surface area contributed by atoms with Crippen LogP contribution in [0.2, 0.25) is 5.02 Å².